The number of halogens is 3. The van der Waals surface area contributed by atoms with Crippen LogP contribution in [0.4, 0.5) is 20.2 Å². The number of para-hydroxylation sites is 1. The van der Waals surface area contributed by atoms with Crippen molar-refractivity contribution in [2.75, 3.05) is 16.2 Å². The fraction of sp³-hybridized carbons (Fsp3) is 0.0952. The molecule has 3 rings (SSSR count). The van der Waals surface area contributed by atoms with Crippen LogP contribution in [0.3, 0.4) is 0 Å². The van der Waals surface area contributed by atoms with Gasteiger partial charge in [-0.1, -0.05) is 45.8 Å². The number of carbonyl (C=O) groups excluding carboxylic acids is 1. The van der Waals surface area contributed by atoms with Crippen LogP contribution in [-0.2, 0) is 14.8 Å². The Morgan fingerprint density at radius 1 is 1.00 bits per heavy atom. The lowest BCUT2D eigenvalue weighted by Crippen LogP contribution is -2.38. The molecule has 5 nitrogen and oxygen atoms in total. The van der Waals surface area contributed by atoms with E-state index in [2.05, 4.69) is 21.2 Å². The van der Waals surface area contributed by atoms with Crippen LogP contribution in [0.25, 0.3) is 0 Å². The zero-order valence-corrected chi connectivity index (χ0v) is 18.2. The number of hydrogen-bond acceptors (Lipinski definition) is 3. The largest absolute Gasteiger partial charge is 0.322 e. The quantitative estimate of drug-likeness (QED) is 0.531. The van der Waals surface area contributed by atoms with Gasteiger partial charge in [0, 0.05) is 4.47 Å². The maximum absolute atomic E-state index is 14.4. The van der Waals surface area contributed by atoms with Crippen molar-refractivity contribution < 1.29 is 22.0 Å². The first-order valence-electron chi connectivity index (χ1n) is 8.77. The molecule has 0 aliphatic rings. The van der Waals surface area contributed by atoms with Crippen molar-refractivity contribution in [3.05, 3.63) is 88.4 Å². The van der Waals surface area contributed by atoms with Crippen molar-refractivity contribution in [3.63, 3.8) is 0 Å². The van der Waals surface area contributed by atoms with E-state index in [4.69, 9.17) is 0 Å². The number of sulfonamides is 1. The van der Waals surface area contributed by atoms with Gasteiger partial charge in [-0.05, 0) is 49.4 Å². The van der Waals surface area contributed by atoms with Gasteiger partial charge in [-0.25, -0.2) is 17.2 Å². The van der Waals surface area contributed by atoms with E-state index in [1.165, 1.54) is 42.5 Å². The lowest BCUT2D eigenvalue weighted by atomic mass is 10.2. The van der Waals surface area contributed by atoms with Crippen LogP contribution in [0.15, 0.2) is 76.1 Å². The summed E-state index contributed by atoms with van der Waals surface area (Å²) in [6, 6.07) is 15.2. The Labute approximate surface area is 181 Å². The summed E-state index contributed by atoms with van der Waals surface area (Å²) in [6.45, 7) is 1.05. The highest BCUT2D eigenvalue weighted by Crippen LogP contribution is 2.27. The first-order valence-corrected chi connectivity index (χ1v) is 11.0. The Morgan fingerprint density at radius 3 is 2.30 bits per heavy atom. The maximum Gasteiger partial charge on any atom is 0.264 e. The molecule has 0 radical (unpaired) electrons. The monoisotopic (exact) mass is 494 g/mol. The highest BCUT2D eigenvalue weighted by atomic mass is 79.9. The van der Waals surface area contributed by atoms with Crippen molar-refractivity contribution in [1.82, 2.24) is 0 Å². The van der Waals surface area contributed by atoms with E-state index < -0.39 is 34.1 Å². The number of carbonyl (C=O) groups is 1. The molecule has 0 saturated heterocycles. The number of rotatable bonds is 6. The normalized spacial score (nSPS) is 11.2. The summed E-state index contributed by atoms with van der Waals surface area (Å²) in [5, 5.41) is 2.33. The number of benzene rings is 3. The highest BCUT2D eigenvalue weighted by molar-refractivity contribution is 9.10. The van der Waals surface area contributed by atoms with Gasteiger partial charge >= 0.3 is 0 Å². The van der Waals surface area contributed by atoms with E-state index in [1.807, 2.05) is 0 Å². The Hall–Kier alpha value is -2.78. The average Bonchev–Trinajstić information content (AvgIpc) is 2.69. The van der Waals surface area contributed by atoms with E-state index in [0.717, 1.165) is 17.7 Å². The minimum atomic E-state index is -4.27. The molecule has 0 aliphatic carbocycles. The van der Waals surface area contributed by atoms with Crippen LogP contribution in [0.1, 0.15) is 5.56 Å². The molecule has 0 bridgehead atoms. The molecule has 0 aromatic heterocycles. The Balaban J connectivity index is 1.97. The van der Waals surface area contributed by atoms with Crippen LogP contribution < -0.4 is 9.62 Å². The molecule has 0 unspecified atom stereocenters. The minimum Gasteiger partial charge on any atom is -0.322 e. The molecular formula is C21H17BrF2N2O3S. The lowest BCUT2D eigenvalue weighted by molar-refractivity contribution is -0.114. The summed E-state index contributed by atoms with van der Waals surface area (Å²) in [5.41, 5.74) is 0.434. The van der Waals surface area contributed by atoms with Crippen LogP contribution >= 0.6 is 15.9 Å². The van der Waals surface area contributed by atoms with Crippen molar-refractivity contribution in [2.24, 2.45) is 0 Å². The molecule has 1 N–H and O–H groups in total. The third kappa shape index (κ3) is 4.85. The summed E-state index contributed by atoms with van der Waals surface area (Å²) in [7, 11) is -4.27. The fourth-order valence-corrected chi connectivity index (χ4v) is 4.46. The van der Waals surface area contributed by atoms with Gasteiger partial charge in [0.1, 0.15) is 18.2 Å². The second-order valence-corrected chi connectivity index (χ2v) is 9.23. The summed E-state index contributed by atoms with van der Waals surface area (Å²) in [4.78, 5) is 12.5. The number of aryl methyl sites for hydroxylation is 1. The predicted octanol–water partition coefficient (Wildman–Crippen LogP) is 4.87. The summed E-state index contributed by atoms with van der Waals surface area (Å²) in [5.74, 6) is -2.33. The third-order valence-corrected chi connectivity index (χ3v) is 6.49. The number of amides is 1. The summed E-state index contributed by atoms with van der Waals surface area (Å²) in [6.07, 6.45) is 0. The van der Waals surface area contributed by atoms with Crippen LogP contribution in [0, 0.1) is 18.6 Å². The zero-order chi connectivity index (χ0) is 21.9. The van der Waals surface area contributed by atoms with Gasteiger partial charge in [-0.2, -0.15) is 0 Å². The number of anilines is 2. The van der Waals surface area contributed by atoms with E-state index in [-0.39, 0.29) is 16.3 Å². The molecule has 0 aliphatic heterocycles. The molecule has 9 heteroatoms. The van der Waals surface area contributed by atoms with Crippen molar-refractivity contribution in [3.8, 4) is 0 Å². The first-order chi connectivity index (χ1) is 14.2. The average molecular weight is 495 g/mol. The molecule has 3 aromatic rings. The third-order valence-electron chi connectivity index (χ3n) is 4.22. The summed E-state index contributed by atoms with van der Waals surface area (Å²) < 4.78 is 56.0. The van der Waals surface area contributed by atoms with E-state index in [9.17, 15) is 22.0 Å². The number of hydrogen-bond donors (Lipinski definition) is 1. The molecule has 30 heavy (non-hydrogen) atoms. The van der Waals surface area contributed by atoms with Crippen LogP contribution in [0.2, 0.25) is 0 Å². The van der Waals surface area contributed by atoms with Crippen molar-refractivity contribution in [1.29, 1.82) is 0 Å². The van der Waals surface area contributed by atoms with Crippen molar-refractivity contribution >= 4 is 43.2 Å². The van der Waals surface area contributed by atoms with E-state index >= 15 is 0 Å². The lowest BCUT2D eigenvalue weighted by Gasteiger charge is -2.24. The molecular weight excluding hydrogens is 478 g/mol. The van der Waals surface area contributed by atoms with E-state index in [1.54, 1.807) is 19.1 Å². The highest BCUT2D eigenvalue weighted by Gasteiger charge is 2.29. The molecule has 0 saturated carbocycles. The van der Waals surface area contributed by atoms with Crippen LogP contribution in [-0.4, -0.2) is 20.9 Å². The second-order valence-electron chi connectivity index (χ2n) is 6.45. The van der Waals surface area contributed by atoms with Gasteiger partial charge in [0.05, 0.1) is 16.3 Å². The van der Waals surface area contributed by atoms with Gasteiger partial charge in [-0.15, -0.1) is 0 Å². The Bertz CT molecular complexity index is 1190. The van der Waals surface area contributed by atoms with Gasteiger partial charge in [-0.3, -0.25) is 9.10 Å². The van der Waals surface area contributed by atoms with Gasteiger partial charge in [0.25, 0.3) is 10.0 Å². The Kier molecular flexibility index (Phi) is 6.52. The zero-order valence-electron chi connectivity index (χ0n) is 15.8. The van der Waals surface area contributed by atoms with E-state index in [0.29, 0.717) is 8.78 Å². The molecule has 0 heterocycles. The van der Waals surface area contributed by atoms with Crippen LogP contribution in [0.5, 0.6) is 0 Å². The molecule has 0 spiro atoms. The SMILES string of the molecule is Cc1ccc(S(=O)(=O)N(CC(=O)Nc2ccc(Br)cc2F)c2ccccc2F)cc1. The smallest absolute Gasteiger partial charge is 0.264 e. The van der Waals surface area contributed by atoms with Gasteiger partial charge in [0.2, 0.25) is 5.91 Å². The van der Waals surface area contributed by atoms with Crippen molar-refractivity contribution in [2.45, 2.75) is 11.8 Å². The Morgan fingerprint density at radius 2 is 1.67 bits per heavy atom. The first kappa shape index (κ1) is 21.9. The summed E-state index contributed by atoms with van der Waals surface area (Å²) >= 11 is 3.12. The van der Waals surface area contributed by atoms with Gasteiger partial charge < -0.3 is 5.32 Å². The van der Waals surface area contributed by atoms with Gasteiger partial charge in [0.15, 0.2) is 0 Å². The number of nitrogens with zero attached hydrogens (tertiary/aromatic N) is 1. The second kappa shape index (κ2) is 8.93. The standard InChI is InChI=1S/C21H17BrF2N2O3S/c1-14-6-9-16(10-7-14)30(28,29)26(20-5-3-2-4-17(20)23)13-21(27)25-19-11-8-15(22)12-18(19)24/h2-12H,13H2,1H3,(H,25,27). The molecule has 0 fully saturated rings. The predicted molar refractivity (Wildman–Crippen MR) is 115 cm³/mol. The fourth-order valence-electron chi connectivity index (χ4n) is 2.70. The topological polar surface area (TPSA) is 66.5 Å². The maximum atomic E-state index is 14.4. The molecule has 3 aromatic carbocycles. The molecule has 1 amide bonds. The minimum absolute atomic E-state index is 0.0982. The molecule has 156 valence electrons. The number of nitrogens with one attached hydrogen (secondary N) is 1. The molecule has 0 atom stereocenters.